The molecule has 1 atom stereocenters. The van der Waals surface area contributed by atoms with E-state index in [4.69, 9.17) is 14.2 Å². The van der Waals surface area contributed by atoms with Gasteiger partial charge in [-0.25, -0.2) is 14.0 Å². The summed E-state index contributed by atoms with van der Waals surface area (Å²) in [5, 5.41) is 9.17. The van der Waals surface area contributed by atoms with E-state index in [9.17, 15) is 49.8 Å². The van der Waals surface area contributed by atoms with Crippen LogP contribution in [0.2, 0.25) is 0 Å². The molecule has 41 heavy (non-hydrogen) atoms. The highest BCUT2D eigenvalue weighted by atomic mass is 19.4. The summed E-state index contributed by atoms with van der Waals surface area (Å²) in [5.74, 6) is -8.26. The van der Waals surface area contributed by atoms with Crippen LogP contribution < -0.4 is 9.47 Å². The predicted octanol–water partition coefficient (Wildman–Crippen LogP) is 5.54. The first-order valence-electron chi connectivity index (χ1n) is 11.8. The first-order valence-corrected chi connectivity index (χ1v) is 11.8. The molecule has 228 valence electrons. The lowest BCUT2D eigenvalue weighted by Crippen LogP contribution is -2.54. The van der Waals surface area contributed by atoms with Gasteiger partial charge in [-0.2, -0.15) is 30.7 Å². The predicted molar refractivity (Wildman–Crippen MR) is 125 cm³/mol. The second kappa shape index (κ2) is 14.3. The number of ether oxygens (including phenoxy) is 4. The Labute approximate surface area is 228 Å². The molecule has 0 aliphatic carbocycles. The van der Waals surface area contributed by atoms with E-state index in [0.717, 1.165) is 24.3 Å². The van der Waals surface area contributed by atoms with Gasteiger partial charge in [0.1, 0.15) is 23.9 Å². The molecule has 2 aromatic rings. The highest BCUT2D eigenvalue weighted by molar-refractivity contribution is 5.72. The molecule has 0 saturated heterocycles. The van der Waals surface area contributed by atoms with E-state index in [1.165, 1.54) is 12.1 Å². The third-order valence-corrected chi connectivity index (χ3v) is 5.26. The van der Waals surface area contributed by atoms with Crippen LogP contribution in [0.4, 0.5) is 39.9 Å². The van der Waals surface area contributed by atoms with Crippen molar-refractivity contribution in [2.45, 2.75) is 37.7 Å². The van der Waals surface area contributed by atoms with E-state index in [-0.39, 0.29) is 31.1 Å². The molecule has 0 aliphatic rings. The summed E-state index contributed by atoms with van der Waals surface area (Å²) in [6.07, 6.45) is -14.8. The van der Waals surface area contributed by atoms with E-state index in [1.807, 2.05) is 0 Å². The summed E-state index contributed by atoms with van der Waals surface area (Å²) in [6.45, 7) is -1.30. The molecule has 2 aromatic carbocycles. The number of carbonyl (C=O) groups excluding carboxylic acids is 1. The fraction of sp³-hybridized carbons (Fsp3) is 0.440. The smallest absolute Gasteiger partial charge is 0.462 e. The van der Waals surface area contributed by atoms with Crippen molar-refractivity contribution in [2.75, 3.05) is 32.9 Å². The lowest BCUT2D eigenvalue weighted by molar-refractivity contribution is -0.423. The molecule has 1 amide bonds. The molecule has 0 saturated carbocycles. The maximum atomic E-state index is 13.5. The van der Waals surface area contributed by atoms with Crippen molar-refractivity contribution < 1.29 is 68.8 Å². The number of hydrogen-bond acceptors (Lipinski definition) is 6. The molecule has 8 nitrogen and oxygen atoms in total. The Hall–Kier alpha value is -3.66. The lowest BCUT2D eigenvalue weighted by atomic mass is 10.1. The first-order chi connectivity index (χ1) is 19.1. The van der Waals surface area contributed by atoms with Gasteiger partial charge in [0, 0.05) is 19.6 Å². The zero-order chi connectivity index (χ0) is 30.8. The highest BCUT2D eigenvalue weighted by Gasteiger charge is 2.74. The Morgan fingerprint density at radius 2 is 1.44 bits per heavy atom. The molecule has 0 fully saturated rings. The van der Waals surface area contributed by atoms with Crippen molar-refractivity contribution in [3.05, 3.63) is 59.9 Å². The van der Waals surface area contributed by atoms with E-state index >= 15 is 0 Å². The van der Waals surface area contributed by atoms with Crippen LogP contribution in [0.15, 0.2) is 48.5 Å². The number of aliphatic carboxylic acids is 1. The van der Waals surface area contributed by atoms with Crippen molar-refractivity contribution >= 4 is 12.1 Å². The van der Waals surface area contributed by atoms with Crippen LogP contribution in [0.5, 0.6) is 11.5 Å². The molecule has 0 spiro atoms. The van der Waals surface area contributed by atoms with Gasteiger partial charge in [-0.3, -0.25) is 0 Å². The number of carbonyl (C=O) groups is 2. The third kappa shape index (κ3) is 9.74. The van der Waals surface area contributed by atoms with Gasteiger partial charge in [-0.1, -0.05) is 12.1 Å². The number of carboxylic acid groups (broad SMARTS) is 1. The Morgan fingerprint density at radius 1 is 0.878 bits per heavy atom. The van der Waals surface area contributed by atoms with Crippen LogP contribution in [0.3, 0.4) is 0 Å². The molecule has 0 radical (unpaired) electrons. The van der Waals surface area contributed by atoms with Crippen molar-refractivity contribution in [3.8, 4) is 11.5 Å². The van der Waals surface area contributed by atoms with Crippen LogP contribution in [-0.4, -0.2) is 79.3 Å². The molecular weight excluding hydrogens is 578 g/mol. The average Bonchev–Trinajstić information content (AvgIpc) is 2.88. The van der Waals surface area contributed by atoms with Gasteiger partial charge in [0.25, 0.3) is 0 Å². The minimum absolute atomic E-state index is 0.0600. The fourth-order valence-corrected chi connectivity index (χ4v) is 3.13. The van der Waals surface area contributed by atoms with Crippen LogP contribution in [0.1, 0.15) is 12.5 Å². The fourth-order valence-electron chi connectivity index (χ4n) is 3.13. The second-order valence-corrected chi connectivity index (χ2v) is 8.23. The topological polar surface area (TPSA) is 94.5 Å². The minimum Gasteiger partial charge on any atom is -0.492 e. The van der Waals surface area contributed by atoms with Gasteiger partial charge in [-0.05, 0) is 48.9 Å². The summed E-state index contributed by atoms with van der Waals surface area (Å²) in [4.78, 5) is 24.4. The summed E-state index contributed by atoms with van der Waals surface area (Å²) >= 11 is 0. The summed E-state index contributed by atoms with van der Waals surface area (Å²) in [7, 11) is 0. The van der Waals surface area contributed by atoms with Crippen molar-refractivity contribution in [1.29, 1.82) is 0 Å². The molecule has 0 aliphatic heterocycles. The van der Waals surface area contributed by atoms with Gasteiger partial charge in [0.15, 0.2) is 6.10 Å². The monoisotopic (exact) mass is 603 g/mol. The van der Waals surface area contributed by atoms with Crippen LogP contribution in [0, 0.1) is 5.82 Å². The van der Waals surface area contributed by atoms with E-state index in [1.54, 1.807) is 19.1 Å². The van der Waals surface area contributed by atoms with Crippen molar-refractivity contribution in [2.24, 2.45) is 0 Å². The minimum atomic E-state index is -6.60. The van der Waals surface area contributed by atoms with Crippen LogP contribution >= 0.6 is 0 Å². The summed E-state index contributed by atoms with van der Waals surface area (Å²) in [5.41, 5.74) is 0.594. The Kier molecular flexibility index (Phi) is 11.7. The second-order valence-electron chi connectivity index (χ2n) is 8.23. The Balaban J connectivity index is 2.04. The van der Waals surface area contributed by atoms with Crippen molar-refractivity contribution in [3.63, 3.8) is 0 Å². The van der Waals surface area contributed by atoms with Crippen molar-refractivity contribution in [1.82, 2.24) is 4.90 Å². The number of halogens is 8. The first kappa shape index (κ1) is 33.5. The van der Waals surface area contributed by atoms with Gasteiger partial charge in [0.2, 0.25) is 0 Å². The molecule has 0 bridgehead atoms. The molecule has 0 heterocycles. The molecular formula is C25H25F8NO7. The van der Waals surface area contributed by atoms with Gasteiger partial charge < -0.3 is 29.0 Å². The summed E-state index contributed by atoms with van der Waals surface area (Å²) < 4.78 is 122. The van der Waals surface area contributed by atoms with E-state index in [2.05, 4.69) is 4.74 Å². The zero-order valence-corrected chi connectivity index (χ0v) is 21.3. The number of benzene rings is 2. The zero-order valence-electron chi connectivity index (χ0n) is 21.3. The number of hydrogen-bond donors (Lipinski definition) is 1. The normalized spacial score (nSPS) is 13.0. The average molecular weight is 603 g/mol. The van der Waals surface area contributed by atoms with E-state index in [0.29, 0.717) is 10.5 Å². The number of amides is 1. The number of carboxylic acids is 1. The number of alkyl halides is 7. The largest absolute Gasteiger partial charge is 0.492 e. The Bertz CT molecular complexity index is 1130. The molecule has 0 aromatic heterocycles. The maximum Gasteiger partial charge on any atom is 0.462 e. The molecule has 1 unspecified atom stereocenters. The molecule has 2 rings (SSSR count). The quantitative estimate of drug-likeness (QED) is 0.267. The summed E-state index contributed by atoms with van der Waals surface area (Å²) in [6, 6.07) is 10.00. The SMILES string of the molecule is CCOC(Cc1ccc(OCCN(CCOC(F)(F)C(F)(F)C(F)(F)F)C(=O)Oc2ccc(F)cc2)cc1)C(=O)O. The van der Waals surface area contributed by atoms with E-state index < -0.39 is 61.9 Å². The maximum absolute atomic E-state index is 13.5. The Morgan fingerprint density at radius 3 is 1.98 bits per heavy atom. The molecule has 1 N–H and O–H groups in total. The van der Waals surface area contributed by atoms with Gasteiger partial charge in [-0.15, -0.1) is 0 Å². The standard InChI is InChI=1S/C25H25F8NO7/c1-2-38-20(21(35)36)15-16-3-7-18(8-4-16)39-13-11-34(22(37)41-19-9-5-17(26)6-10-19)12-14-40-25(32,33)23(27,28)24(29,30)31/h3-10,20H,2,11-15H2,1H3,(H,35,36). The third-order valence-electron chi connectivity index (χ3n) is 5.26. The van der Waals surface area contributed by atoms with Gasteiger partial charge in [0.05, 0.1) is 13.2 Å². The number of nitrogens with zero attached hydrogens (tertiary/aromatic N) is 1. The number of rotatable bonds is 15. The lowest BCUT2D eigenvalue weighted by Gasteiger charge is -2.28. The van der Waals surface area contributed by atoms with Gasteiger partial charge >= 0.3 is 30.3 Å². The highest BCUT2D eigenvalue weighted by Crippen LogP contribution is 2.46. The van der Waals surface area contributed by atoms with Crippen LogP contribution in [-0.2, 0) is 20.7 Å². The molecule has 16 heteroatoms. The van der Waals surface area contributed by atoms with Crippen LogP contribution in [0.25, 0.3) is 0 Å².